The minimum Gasteiger partial charge on any atom is -0.481 e. The Bertz CT molecular complexity index is 757. The van der Waals surface area contributed by atoms with E-state index in [1.807, 2.05) is 19.9 Å². The summed E-state index contributed by atoms with van der Waals surface area (Å²) in [5, 5.41) is 9.15. The summed E-state index contributed by atoms with van der Waals surface area (Å²) in [6.45, 7) is 7.75. The average molecular weight is 440 g/mol. The summed E-state index contributed by atoms with van der Waals surface area (Å²) in [6, 6.07) is 5.08. The first kappa shape index (κ1) is 18.7. The Balaban J connectivity index is 2.70. The van der Waals surface area contributed by atoms with Crippen molar-refractivity contribution in [1.29, 1.82) is 0 Å². The van der Waals surface area contributed by atoms with Gasteiger partial charge in [0, 0.05) is 8.99 Å². The molecule has 0 aliphatic carbocycles. The zero-order valence-electron chi connectivity index (χ0n) is 14.3. The van der Waals surface area contributed by atoms with Crippen LogP contribution in [0.2, 0.25) is 0 Å². The summed E-state index contributed by atoms with van der Waals surface area (Å²) in [4.78, 5) is 23.9. The number of ether oxygens (including phenoxy) is 1. The largest absolute Gasteiger partial charge is 0.481 e. The van der Waals surface area contributed by atoms with Crippen LogP contribution in [-0.2, 0) is 11.2 Å². The fourth-order valence-corrected chi connectivity index (χ4v) is 3.19. The smallest absolute Gasteiger partial charge is 0.307 e. The van der Waals surface area contributed by atoms with Crippen molar-refractivity contribution in [3.8, 4) is 5.75 Å². The molecule has 5 heteroatoms. The number of carboxylic acids is 1. The van der Waals surface area contributed by atoms with Gasteiger partial charge in [-0.3, -0.25) is 9.59 Å². The highest BCUT2D eigenvalue weighted by atomic mass is 127. The summed E-state index contributed by atoms with van der Waals surface area (Å²) in [6.07, 6.45) is 2.49. The zero-order valence-corrected chi connectivity index (χ0v) is 16.4. The Morgan fingerprint density at radius 3 is 2.62 bits per heavy atom. The third-order valence-electron chi connectivity index (χ3n) is 4.40. The van der Waals surface area contributed by atoms with Crippen LogP contribution in [0.25, 0.3) is 0 Å². The number of alkyl halides is 1. The summed E-state index contributed by atoms with van der Waals surface area (Å²) in [5.74, 6) is -0.0342. The number of fused-ring (bicyclic) bond motifs is 1. The molecule has 0 bridgehead atoms. The lowest BCUT2D eigenvalue weighted by Gasteiger charge is -2.26. The first-order chi connectivity index (χ1) is 11.1. The van der Waals surface area contributed by atoms with Crippen LogP contribution in [0.1, 0.15) is 50.0 Å². The van der Waals surface area contributed by atoms with Crippen LogP contribution < -0.4 is 4.74 Å². The number of ketones is 1. The van der Waals surface area contributed by atoms with Crippen molar-refractivity contribution in [3.63, 3.8) is 0 Å². The van der Waals surface area contributed by atoms with Crippen LogP contribution in [0.3, 0.4) is 0 Å². The molecule has 1 aliphatic rings. The van der Waals surface area contributed by atoms with Gasteiger partial charge in [-0.1, -0.05) is 40.8 Å². The number of hydrogen-bond donors (Lipinski definition) is 1. The minimum absolute atomic E-state index is 0.128. The molecule has 0 fully saturated rings. The molecule has 0 spiro atoms. The average Bonchev–Trinajstić information content (AvgIpc) is 2.51. The number of Topliss-reactive ketones (excluding diaryl/α,β-unsaturated/α-hetero) is 1. The number of carbonyl (C=O) groups is 2. The number of carbonyl (C=O) groups excluding carboxylic acids is 1. The van der Waals surface area contributed by atoms with Crippen LogP contribution in [0.15, 0.2) is 41.2 Å². The van der Waals surface area contributed by atoms with Gasteiger partial charge in [0.05, 0.1) is 12.0 Å². The molecule has 128 valence electrons. The molecule has 0 aromatic heterocycles. The van der Waals surface area contributed by atoms with Crippen molar-refractivity contribution in [1.82, 2.24) is 0 Å². The number of halogens is 1. The molecular formula is C19H21IO4. The molecule has 1 atom stereocenters. The summed E-state index contributed by atoms with van der Waals surface area (Å²) < 4.78 is 5.86. The molecular weight excluding hydrogens is 419 g/mol. The van der Waals surface area contributed by atoms with E-state index in [4.69, 9.17) is 9.84 Å². The van der Waals surface area contributed by atoms with E-state index in [2.05, 4.69) is 29.5 Å². The minimum atomic E-state index is -0.958. The fraction of sp³-hybridized carbons (Fsp3) is 0.368. The van der Waals surface area contributed by atoms with Gasteiger partial charge in [-0.15, -0.1) is 0 Å². The summed E-state index contributed by atoms with van der Waals surface area (Å²) in [7, 11) is 0. The van der Waals surface area contributed by atoms with Gasteiger partial charge in [0.15, 0.2) is 5.78 Å². The van der Waals surface area contributed by atoms with Gasteiger partial charge in [-0.05, 0) is 51.3 Å². The van der Waals surface area contributed by atoms with E-state index in [9.17, 15) is 9.59 Å². The van der Waals surface area contributed by atoms with E-state index in [1.165, 1.54) is 0 Å². The van der Waals surface area contributed by atoms with Crippen molar-refractivity contribution in [2.24, 2.45) is 0 Å². The summed E-state index contributed by atoms with van der Waals surface area (Å²) >= 11 is 2.36. The van der Waals surface area contributed by atoms with Crippen molar-refractivity contribution in [2.75, 3.05) is 0 Å². The molecule has 1 heterocycles. The monoisotopic (exact) mass is 440 g/mol. The SMILES string of the molecule is C/C1=C\C[C@@](C)(I)/C(C)=C(\C)Oc2c(CC(=O)O)cccc2C1=O. The second-order valence-electron chi connectivity index (χ2n) is 6.27. The molecule has 0 radical (unpaired) electrons. The number of para-hydroxylation sites is 1. The number of rotatable bonds is 2. The number of hydrogen-bond acceptors (Lipinski definition) is 3. The van der Waals surface area contributed by atoms with Crippen molar-refractivity contribution < 1.29 is 19.4 Å². The van der Waals surface area contributed by atoms with Gasteiger partial charge in [0.2, 0.25) is 0 Å². The van der Waals surface area contributed by atoms with Gasteiger partial charge < -0.3 is 9.84 Å². The maximum absolute atomic E-state index is 12.8. The number of aliphatic carboxylic acids is 1. The van der Waals surface area contributed by atoms with E-state index in [0.717, 1.165) is 12.0 Å². The van der Waals surface area contributed by atoms with Crippen molar-refractivity contribution in [3.05, 3.63) is 52.3 Å². The predicted octanol–water partition coefficient (Wildman–Crippen LogP) is 4.71. The lowest BCUT2D eigenvalue weighted by molar-refractivity contribution is -0.136. The third-order valence-corrected chi connectivity index (χ3v) is 5.65. The van der Waals surface area contributed by atoms with Crippen LogP contribution in [0.4, 0.5) is 0 Å². The van der Waals surface area contributed by atoms with Crippen molar-refractivity contribution in [2.45, 2.75) is 44.0 Å². The van der Waals surface area contributed by atoms with Gasteiger partial charge in [0.1, 0.15) is 11.5 Å². The van der Waals surface area contributed by atoms with Gasteiger partial charge >= 0.3 is 5.97 Å². The molecule has 0 saturated heterocycles. The fourth-order valence-electron chi connectivity index (χ4n) is 2.59. The molecule has 2 rings (SSSR count). The molecule has 0 unspecified atom stereocenters. The van der Waals surface area contributed by atoms with E-state index >= 15 is 0 Å². The van der Waals surface area contributed by atoms with Gasteiger partial charge in [0.25, 0.3) is 0 Å². The topological polar surface area (TPSA) is 63.6 Å². The zero-order chi connectivity index (χ0) is 18.1. The number of benzene rings is 1. The second kappa shape index (κ2) is 7.09. The highest BCUT2D eigenvalue weighted by molar-refractivity contribution is 14.1. The third kappa shape index (κ3) is 3.88. The Morgan fingerprint density at radius 1 is 1.33 bits per heavy atom. The van der Waals surface area contributed by atoms with Crippen LogP contribution in [0, 0.1) is 0 Å². The van der Waals surface area contributed by atoms with Crippen LogP contribution in [0.5, 0.6) is 5.75 Å². The van der Waals surface area contributed by atoms with E-state index in [0.29, 0.717) is 28.2 Å². The molecule has 0 saturated carbocycles. The van der Waals surface area contributed by atoms with E-state index < -0.39 is 5.97 Å². The van der Waals surface area contributed by atoms with Gasteiger partial charge in [-0.2, -0.15) is 0 Å². The lowest BCUT2D eigenvalue weighted by Crippen LogP contribution is -2.21. The maximum atomic E-state index is 12.8. The van der Waals surface area contributed by atoms with Crippen LogP contribution >= 0.6 is 22.6 Å². The summed E-state index contributed by atoms with van der Waals surface area (Å²) in [5.41, 5.74) is 2.62. The lowest BCUT2D eigenvalue weighted by atomic mass is 9.93. The molecule has 1 aromatic carbocycles. The normalized spacial score (nSPS) is 26.9. The molecule has 1 aromatic rings. The predicted molar refractivity (Wildman–Crippen MR) is 102 cm³/mol. The molecule has 4 nitrogen and oxygen atoms in total. The molecule has 24 heavy (non-hydrogen) atoms. The van der Waals surface area contributed by atoms with E-state index in [-0.39, 0.29) is 15.6 Å². The molecule has 0 amide bonds. The van der Waals surface area contributed by atoms with Crippen LogP contribution in [-0.4, -0.2) is 20.3 Å². The second-order valence-corrected chi connectivity index (χ2v) is 8.65. The standard InChI is InChI=1S/C19H21IO4/c1-11-8-9-19(4,20)12(2)13(3)24-18-14(10-16(21)22)6-5-7-15(18)17(11)23/h5-8H,9-10H2,1-4H3,(H,21,22)/b11-8+,13-12+/t19-/m1/s1. The Labute approximate surface area is 155 Å². The Kier molecular flexibility index (Phi) is 5.52. The van der Waals surface area contributed by atoms with Gasteiger partial charge in [-0.25, -0.2) is 0 Å². The molecule has 1 aliphatic heterocycles. The van der Waals surface area contributed by atoms with Crippen molar-refractivity contribution >= 4 is 34.3 Å². The maximum Gasteiger partial charge on any atom is 0.307 e. The number of allylic oxidation sites excluding steroid dienone is 4. The number of carboxylic acid groups (broad SMARTS) is 1. The highest BCUT2D eigenvalue weighted by Gasteiger charge is 2.27. The Hall–Kier alpha value is -1.63. The Morgan fingerprint density at radius 2 is 2.00 bits per heavy atom. The quantitative estimate of drug-likeness (QED) is 0.535. The highest BCUT2D eigenvalue weighted by Crippen LogP contribution is 2.37. The first-order valence-corrected chi connectivity index (χ1v) is 8.81. The first-order valence-electron chi connectivity index (χ1n) is 7.73. The molecule has 1 N–H and O–H groups in total. The van der Waals surface area contributed by atoms with E-state index in [1.54, 1.807) is 25.1 Å².